The van der Waals surface area contributed by atoms with E-state index >= 15 is 0 Å². The summed E-state index contributed by atoms with van der Waals surface area (Å²) in [5, 5.41) is 6.67. The summed E-state index contributed by atoms with van der Waals surface area (Å²) in [5.74, 6) is -2.21. The van der Waals surface area contributed by atoms with E-state index in [4.69, 9.17) is 11.6 Å². The standard InChI is InChI=1S/C27H25ClN4O3/c1-15-8-10-21(18(4)12-15)29-26(34)27(35)31-32-22-11-9-20(28)13-19(22)14-23(32)25(33)30-24-16(2)6-5-7-17(24)3/h5-14H,1-4H3,(H,29,34)(H,30,33)(H,31,35). The summed E-state index contributed by atoms with van der Waals surface area (Å²) in [6, 6.07) is 17.8. The Morgan fingerprint density at radius 1 is 0.771 bits per heavy atom. The number of fused-ring (bicyclic) bond motifs is 1. The molecule has 0 atom stereocenters. The van der Waals surface area contributed by atoms with E-state index in [1.807, 2.05) is 58.0 Å². The summed E-state index contributed by atoms with van der Waals surface area (Å²) in [4.78, 5) is 38.8. The Hall–Kier alpha value is -4.10. The van der Waals surface area contributed by atoms with E-state index in [-0.39, 0.29) is 5.69 Å². The van der Waals surface area contributed by atoms with Crippen molar-refractivity contribution in [2.24, 2.45) is 0 Å². The Morgan fingerprint density at radius 2 is 1.49 bits per heavy atom. The number of rotatable bonds is 4. The molecule has 1 heterocycles. The van der Waals surface area contributed by atoms with Gasteiger partial charge in [0.15, 0.2) is 0 Å². The number of para-hydroxylation sites is 1. The van der Waals surface area contributed by atoms with E-state index in [1.165, 1.54) is 4.68 Å². The Bertz CT molecular complexity index is 1470. The van der Waals surface area contributed by atoms with Crippen molar-refractivity contribution in [3.8, 4) is 0 Å². The molecule has 4 rings (SSSR count). The molecule has 3 aromatic carbocycles. The maximum absolute atomic E-state index is 13.3. The van der Waals surface area contributed by atoms with Crippen molar-refractivity contribution in [2.45, 2.75) is 27.7 Å². The fraction of sp³-hybridized carbons (Fsp3) is 0.148. The van der Waals surface area contributed by atoms with Crippen LogP contribution in [0.2, 0.25) is 5.02 Å². The molecule has 1 aromatic heterocycles. The van der Waals surface area contributed by atoms with Crippen molar-refractivity contribution in [2.75, 3.05) is 16.1 Å². The number of nitrogens with zero attached hydrogens (tertiary/aromatic N) is 1. The van der Waals surface area contributed by atoms with Gasteiger partial charge in [0, 0.05) is 21.8 Å². The largest absolute Gasteiger partial charge is 0.328 e. The fourth-order valence-corrected chi connectivity index (χ4v) is 4.13. The van der Waals surface area contributed by atoms with Crippen molar-refractivity contribution in [3.63, 3.8) is 0 Å². The maximum atomic E-state index is 13.3. The van der Waals surface area contributed by atoms with Crippen molar-refractivity contribution < 1.29 is 14.4 Å². The third kappa shape index (κ3) is 5.05. The van der Waals surface area contributed by atoms with Gasteiger partial charge in [-0.1, -0.05) is 47.5 Å². The number of halogens is 1. The zero-order valence-corrected chi connectivity index (χ0v) is 20.6. The molecule has 8 heteroatoms. The Kier molecular flexibility index (Phi) is 6.62. The molecule has 0 saturated carbocycles. The topological polar surface area (TPSA) is 92.2 Å². The van der Waals surface area contributed by atoms with E-state index in [0.29, 0.717) is 27.3 Å². The number of benzene rings is 3. The third-order valence-corrected chi connectivity index (χ3v) is 6.00. The molecule has 178 valence electrons. The van der Waals surface area contributed by atoms with Gasteiger partial charge in [-0.15, -0.1) is 0 Å². The minimum Gasteiger partial charge on any atom is -0.320 e. The highest BCUT2D eigenvalue weighted by Crippen LogP contribution is 2.25. The highest BCUT2D eigenvalue weighted by Gasteiger charge is 2.22. The molecule has 0 radical (unpaired) electrons. The minimum atomic E-state index is -0.918. The predicted molar refractivity (Wildman–Crippen MR) is 140 cm³/mol. The number of aromatic nitrogens is 1. The number of amides is 3. The molecule has 0 bridgehead atoms. The summed E-state index contributed by atoms with van der Waals surface area (Å²) in [6.45, 7) is 7.59. The first-order valence-electron chi connectivity index (χ1n) is 11.0. The van der Waals surface area contributed by atoms with Gasteiger partial charge in [-0.05, 0) is 74.7 Å². The van der Waals surface area contributed by atoms with E-state index in [9.17, 15) is 14.4 Å². The van der Waals surface area contributed by atoms with Crippen LogP contribution in [0.25, 0.3) is 10.9 Å². The van der Waals surface area contributed by atoms with Crippen LogP contribution in [0.15, 0.2) is 60.7 Å². The van der Waals surface area contributed by atoms with Crippen LogP contribution in [-0.2, 0) is 9.59 Å². The molecule has 35 heavy (non-hydrogen) atoms. The summed E-state index contributed by atoms with van der Waals surface area (Å²) >= 11 is 6.14. The van der Waals surface area contributed by atoms with Crippen LogP contribution < -0.4 is 16.1 Å². The molecule has 7 nitrogen and oxygen atoms in total. The lowest BCUT2D eigenvalue weighted by Gasteiger charge is -2.15. The van der Waals surface area contributed by atoms with Crippen LogP contribution in [0.3, 0.4) is 0 Å². The second kappa shape index (κ2) is 9.64. The molecule has 0 unspecified atom stereocenters. The molecular formula is C27H25ClN4O3. The first-order chi connectivity index (χ1) is 16.6. The third-order valence-electron chi connectivity index (χ3n) is 5.77. The lowest BCUT2D eigenvalue weighted by molar-refractivity contribution is -0.133. The first-order valence-corrected chi connectivity index (χ1v) is 11.4. The van der Waals surface area contributed by atoms with Gasteiger partial charge in [0.1, 0.15) is 5.69 Å². The van der Waals surface area contributed by atoms with E-state index in [2.05, 4.69) is 16.1 Å². The van der Waals surface area contributed by atoms with Gasteiger partial charge in [-0.25, -0.2) is 4.68 Å². The normalized spacial score (nSPS) is 10.8. The molecule has 0 saturated heterocycles. The molecule has 3 N–H and O–H groups in total. The van der Waals surface area contributed by atoms with Crippen LogP contribution in [-0.4, -0.2) is 22.4 Å². The second-order valence-electron chi connectivity index (χ2n) is 8.50. The molecule has 3 amide bonds. The molecule has 0 aliphatic heterocycles. The number of carbonyl (C=O) groups is 3. The molecule has 0 aliphatic carbocycles. The Labute approximate surface area is 208 Å². The maximum Gasteiger partial charge on any atom is 0.328 e. The summed E-state index contributed by atoms with van der Waals surface area (Å²) < 4.78 is 1.30. The van der Waals surface area contributed by atoms with Crippen molar-refractivity contribution in [1.82, 2.24) is 4.68 Å². The number of aryl methyl sites for hydroxylation is 4. The number of anilines is 2. The van der Waals surface area contributed by atoms with E-state index in [0.717, 1.165) is 22.3 Å². The smallest absolute Gasteiger partial charge is 0.320 e. The van der Waals surface area contributed by atoms with Gasteiger partial charge in [-0.2, -0.15) is 0 Å². The monoisotopic (exact) mass is 488 g/mol. The van der Waals surface area contributed by atoms with Crippen LogP contribution in [0.4, 0.5) is 11.4 Å². The quantitative estimate of drug-likeness (QED) is 0.332. The lowest BCUT2D eigenvalue weighted by Crippen LogP contribution is -2.36. The number of hydrogen-bond donors (Lipinski definition) is 3. The highest BCUT2D eigenvalue weighted by molar-refractivity contribution is 6.42. The average Bonchev–Trinajstić information content (AvgIpc) is 3.15. The van der Waals surface area contributed by atoms with Gasteiger partial charge in [-0.3, -0.25) is 19.8 Å². The molecule has 0 fully saturated rings. The molecule has 0 aliphatic rings. The Morgan fingerprint density at radius 3 is 2.17 bits per heavy atom. The number of hydrogen-bond acceptors (Lipinski definition) is 3. The minimum absolute atomic E-state index is 0.151. The van der Waals surface area contributed by atoms with Gasteiger partial charge in [0.2, 0.25) is 0 Å². The van der Waals surface area contributed by atoms with Crippen LogP contribution in [0, 0.1) is 27.7 Å². The van der Waals surface area contributed by atoms with Crippen molar-refractivity contribution in [3.05, 3.63) is 93.6 Å². The lowest BCUT2D eigenvalue weighted by atomic mass is 10.1. The number of nitrogens with one attached hydrogen (secondary N) is 3. The Balaban J connectivity index is 1.65. The average molecular weight is 489 g/mol. The number of carbonyl (C=O) groups excluding carboxylic acids is 3. The van der Waals surface area contributed by atoms with Crippen molar-refractivity contribution >= 4 is 51.6 Å². The van der Waals surface area contributed by atoms with Gasteiger partial charge >= 0.3 is 11.8 Å². The summed E-state index contributed by atoms with van der Waals surface area (Å²) in [6.07, 6.45) is 0. The van der Waals surface area contributed by atoms with Crippen LogP contribution in [0.1, 0.15) is 32.7 Å². The van der Waals surface area contributed by atoms with Gasteiger partial charge in [0.05, 0.1) is 5.52 Å². The SMILES string of the molecule is Cc1ccc(NC(=O)C(=O)Nn2c(C(=O)Nc3c(C)cccc3C)cc3cc(Cl)ccc32)c(C)c1. The first kappa shape index (κ1) is 24.0. The zero-order valence-electron chi connectivity index (χ0n) is 19.8. The van der Waals surface area contributed by atoms with Gasteiger partial charge in [0.25, 0.3) is 5.91 Å². The predicted octanol–water partition coefficient (Wildman–Crippen LogP) is 5.49. The molecule has 0 spiro atoms. The molecular weight excluding hydrogens is 464 g/mol. The second-order valence-corrected chi connectivity index (χ2v) is 8.94. The van der Waals surface area contributed by atoms with Crippen LogP contribution in [0.5, 0.6) is 0 Å². The fourth-order valence-electron chi connectivity index (χ4n) is 3.95. The van der Waals surface area contributed by atoms with E-state index in [1.54, 1.807) is 30.3 Å². The summed E-state index contributed by atoms with van der Waals surface area (Å²) in [5.41, 5.74) is 8.14. The highest BCUT2D eigenvalue weighted by atomic mass is 35.5. The molecule has 4 aromatic rings. The van der Waals surface area contributed by atoms with E-state index < -0.39 is 17.7 Å². The van der Waals surface area contributed by atoms with Crippen molar-refractivity contribution in [1.29, 1.82) is 0 Å². The van der Waals surface area contributed by atoms with Crippen LogP contribution >= 0.6 is 11.6 Å². The van der Waals surface area contributed by atoms with Gasteiger partial charge < -0.3 is 10.6 Å². The summed E-state index contributed by atoms with van der Waals surface area (Å²) in [7, 11) is 0. The zero-order chi connectivity index (χ0) is 25.3.